The van der Waals surface area contributed by atoms with Crippen molar-refractivity contribution in [2.75, 3.05) is 27.7 Å². The molecule has 1 atom stereocenters. The summed E-state index contributed by atoms with van der Waals surface area (Å²) in [6, 6.07) is 5.19. The fourth-order valence-corrected chi connectivity index (χ4v) is 2.17. The van der Waals surface area contributed by atoms with E-state index < -0.39 is 0 Å². The summed E-state index contributed by atoms with van der Waals surface area (Å²) in [5.74, 6) is 0.979. The molecule has 0 aliphatic rings. The summed E-state index contributed by atoms with van der Waals surface area (Å²) < 4.78 is 5.56. The Hall–Kier alpha value is -1.06. The molecule has 0 saturated carbocycles. The van der Waals surface area contributed by atoms with Crippen molar-refractivity contribution in [2.24, 2.45) is 0 Å². The van der Waals surface area contributed by atoms with E-state index in [-0.39, 0.29) is 0 Å². The normalized spacial score (nSPS) is 13.1. The second-order valence-electron chi connectivity index (χ2n) is 5.72. The Balaban J connectivity index is 3.10. The molecule has 0 bridgehead atoms. The summed E-state index contributed by atoms with van der Waals surface area (Å²) >= 11 is 0. The largest absolute Gasteiger partial charge is 0.496 e. The van der Waals surface area contributed by atoms with Crippen molar-refractivity contribution in [1.29, 1.82) is 0 Å². The summed E-state index contributed by atoms with van der Waals surface area (Å²) in [7, 11) is 5.97. The first kappa shape index (κ1) is 16.0. The van der Waals surface area contributed by atoms with E-state index in [1.165, 1.54) is 16.7 Å². The molecule has 3 nitrogen and oxygen atoms in total. The van der Waals surface area contributed by atoms with Crippen molar-refractivity contribution >= 4 is 0 Å². The molecule has 3 heteroatoms. The summed E-state index contributed by atoms with van der Waals surface area (Å²) in [5.41, 5.74) is 3.84. The van der Waals surface area contributed by atoms with Gasteiger partial charge in [-0.3, -0.25) is 0 Å². The van der Waals surface area contributed by atoms with Gasteiger partial charge in [0.2, 0.25) is 0 Å². The number of likely N-dealkylation sites (N-methyl/N-ethyl adjacent to an activating group) is 1. The number of nitrogens with one attached hydrogen (secondary N) is 1. The van der Waals surface area contributed by atoms with Gasteiger partial charge in [-0.25, -0.2) is 0 Å². The molecule has 1 unspecified atom stereocenters. The second kappa shape index (κ2) is 6.92. The fraction of sp³-hybridized carbons (Fsp3) is 0.625. The van der Waals surface area contributed by atoms with Crippen LogP contribution in [0.25, 0.3) is 0 Å². The first-order valence-electron chi connectivity index (χ1n) is 6.91. The highest BCUT2D eigenvalue weighted by Crippen LogP contribution is 2.30. The van der Waals surface area contributed by atoms with Crippen LogP contribution in [0.15, 0.2) is 12.1 Å². The van der Waals surface area contributed by atoms with E-state index >= 15 is 0 Å². The first-order chi connectivity index (χ1) is 8.86. The first-order valence-corrected chi connectivity index (χ1v) is 6.91. The van der Waals surface area contributed by atoms with Gasteiger partial charge in [-0.1, -0.05) is 19.9 Å². The van der Waals surface area contributed by atoms with Gasteiger partial charge in [-0.2, -0.15) is 0 Å². The molecular weight excluding hydrogens is 236 g/mol. The zero-order valence-corrected chi connectivity index (χ0v) is 13.4. The lowest BCUT2D eigenvalue weighted by Crippen LogP contribution is -2.34. The molecule has 108 valence electrons. The maximum Gasteiger partial charge on any atom is 0.123 e. The SMILES string of the molecule is COc1cc(C)c(C)cc1C(CNC(C)C)N(C)C. The molecule has 1 aromatic carbocycles. The van der Waals surface area contributed by atoms with Gasteiger partial charge in [0, 0.05) is 18.2 Å². The maximum absolute atomic E-state index is 5.56. The summed E-state index contributed by atoms with van der Waals surface area (Å²) in [6.45, 7) is 9.54. The zero-order valence-electron chi connectivity index (χ0n) is 13.4. The third-order valence-corrected chi connectivity index (χ3v) is 3.55. The molecule has 0 aliphatic carbocycles. The number of ether oxygens (including phenoxy) is 1. The minimum atomic E-state index is 0.316. The van der Waals surface area contributed by atoms with Crippen molar-refractivity contribution in [3.63, 3.8) is 0 Å². The molecule has 1 rings (SSSR count). The monoisotopic (exact) mass is 264 g/mol. The molecule has 0 amide bonds. The number of methoxy groups -OCH3 is 1. The topological polar surface area (TPSA) is 24.5 Å². The van der Waals surface area contributed by atoms with Crippen LogP contribution in [-0.4, -0.2) is 38.7 Å². The lowest BCUT2D eigenvalue weighted by atomic mass is 9.98. The molecule has 19 heavy (non-hydrogen) atoms. The predicted molar refractivity (Wildman–Crippen MR) is 82.0 cm³/mol. The van der Waals surface area contributed by atoms with E-state index in [9.17, 15) is 0 Å². The summed E-state index contributed by atoms with van der Waals surface area (Å²) in [6.07, 6.45) is 0. The van der Waals surface area contributed by atoms with Gasteiger partial charge < -0.3 is 15.0 Å². The standard InChI is InChI=1S/C16H28N2O/c1-11(2)17-10-15(18(5)6)14-8-12(3)13(4)9-16(14)19-7/h8-9,11,15,17H,10H2,1-7H3. The molecule has 1 aromatic rings. The maximum atomic E-state index is 5.56. The van der Waals surface area contributed by atoms with Crippen LogP contribution < -0.4 is 10.1 Å². The highest BCUT2D eigenvalue weighted by atomic mass is 16.5. The Labute approximate surface area is 118 Å². The van der Waals surface area contributed by atoms with Crippen LogP contribution in [0.5, 0.6) is 5.75 Å². The number of aryl methyl sites for hydroxylation is 2. The number of rotatable bonds is 6. The quantitative estimate of drug-likeness (QED) is 0.855. The lowest BCUT2D eigenvalue weighted by molar-refractivity contribution is 0.274. The minimum Gasteiger partial charge on any atom is -0.496 e. The number of hydrogen-bond donors (Lipinski definition) is 1. The van der Waals surface area contributed by atoms with E-state index in [0.717, 1.165) is 12.3 Å². The number of benzene rings is 1. The van der Waals surface area contributed by atoms with E-state index in [0.29, 0.717) is 12.1 Å². The molecule has 0 heterocycles. The van der Waals surface area contributed by atoms with Crippen LogP contribution in [0, 0.1) is 13.8 Å². The minimum absolute atomic E-state index is 0.316. The molecule has 0 aromatic heterocycles. The van der Waals surface area contributed by atoms with E-state index in [2.05, 4.69) is 64.1 Å². The zero-order chi connectivity index (χ0) is 14.6. The highest BCUT2D eigenvalue weighted by Gasteiger charge is 2.19. The van der Waals surface area contributed by atoms with E-state index in [1.54, 1.807) is 7.11 Å². The third kappa shape index (κ3) is 4.22. The molecular formula is C16H28N2O. The van der Waals surface area contributed by atoms with Crippen LogP contribution in [0.4, 0.5) is 0 Å². The molecule has 0 saturated heterocycles. The van der Waals surface area contributed by atoms with Gasteiger partial charge in [0.05, 0.1) is 13.2 Å². The van der Waals surface area contributed by atoms with Gasteiger partial charge in [-0.05, 0) is 45.1 Å². The predicted octanol–water partition coefficient (Wildman–Crippen LogP) is 2.91. The van der Waals surface area contributed by atoms with Crippen LogP contribution >= 0.6 is 0 Å². The molecule has 0 fully saturated rings. The highest BCUT2D eigenvalue weighted by molar-refractivity contribution is 5.43. The Morgan fingerprint density at radius 1 is 1.16 bits per heavy atom. The van der Waals surface area contributed by atoms with Gasteiger partial charge in [0.1, 0.15) is 5.75 Å². The van der Waals surface area contributed by atoms with Crippen molar-refractivity contribution in [1.82, 2.24) is 10.2 Å². The van der Waals surface area contributed by atoms with Gasteiger partial charge >= 0.3 is 0 Å². The summed E-state index contributed by atoms with van der Waals surface area (Å²) in [4.78, 5) is 2.24. The average molecular weight is 264 g/mol. The fourth-order valence-electron chi connectivity index (χ4n) is 2.17. The third-order valence-electron chi connectivity index (χ3n) is 3.55. The van der Waals surface area contributed by atoms with Crippen molar-refractivity contribution in [2.45, 2.75) is 39.8 Å². The van der Waals surface area contributed by atoms with Crippen molar-refractivity contribution < 1.29 is 4.74 Å². The Bertz CT molecular complexity index is 413. The average Bonchev–Trinajstić information content (AvgIpc) is 2.32. The molecule has 0 spiro atoms. The van der Waals surface area contributed by atoms with Crippen LogP contribution in [0.1, 0.15) is 36.6 Å². The smallest absolute Gasteiger partial charge is 0.123 e. The van der Waals surface area contributed by atoms with Gasteiger partial charge in [-0.15, -0.1) is 0 Å². The van der Waals surface area contributed by atoms with E-state index in [4.69, 9.17) is 4.74 Å². The Kier molecular flexibility index (Phi) is 5.83. The molecule has 0 radical (unpaired) electrons. The molecule has 0 aliphatic heterocycles. The van der Waals surface area contributed by atoms with Crippen LogP contribution in [0.2, 0.25) is 0 Å². The van der Waals surface area contributed by atoms with Crippen molar-refractivity contribution in [3.8, 4) is 5.75 Å². The van der Waals surface area contributed by atoms with Gasteiger partial charge in [0.25, 0.3) is 0 Å². The lowest BCUT2D eigenvalue weighted by Gasteiger charge is -2.28. The number of hydrogen-bond acceptors (Lipinski definition) is 3. The second-order valence-corrected chi connectivity index (χ2v) is 5.72. The number of nitrogens with zero attached hydrogens (tertiary/aromatic N) is 1. The van der Waals surface area contributed by atoms with Crippen molar-refractivity contribution in [3.05, 3.63) is 28.8 Å². The summed E-state index contributed by atoms with van der Waals surface area (Å²) in [5, 5.41) is 3.51. The van der Waals surface area contributed by atoms with Crippen LogP contribution in [0.3, 0.4) is 0 Å². The van der Waals surface area contributed by atoms with Crippen LogP contribution in [-0.2, 0) is 0 Å². The van der Waals surface area contributed by atoms with E-state index in [1.807, 2.05) is 0 Å². The molecule has 1 N–H and O–H groups in total. The van der Waals surface area contributed by atoms with Gasteiger partial charge in [0.15, 0.2) is 0 Å². The Morgan fingerprint density at radius 2 is 1.74 bits per heavy atom. The Morgan fingerprint density at radius 3 is 2.21 bits per heavy atom.